The van der Waals surface area contributed by atoms with Crippen LogP contribution in [0.3, 0.4) is 0 Å². The normalized spacial score (nSPS) is 27.0. The molecule has 0 bridgehead atoms. The monoisotopic (exact) mass is 330 g/mol. The standard InChI is InChI=1S/C15H26N2O4S/c1-11-6-7-12(15(16)19)10-17(11)14(18)8-9-22(20,21)13-4-2-3-5-13/h11-13H,2-10H2,1H3,(H2,16,19)/t11-,12-/m0/s1. The van der Waals surface area contributed by atoms with Crippen LogP contribution in [0.2, 0.25) is 0 Å². The fourth-order valence-corrected chi connectivity index (χ4v) is 5.32. The van der Waals surface area contributed by atoms with Crippen molar-refractivity contribution in [3.05, 3.63) is 0 Å². The van der Waals surface area contributed by atoms with Gasteiger partial charge in [-0.2, -0.15) is 0 Å². The van der Waals surface area contributed by atoms with E-state index < -0.39 is 9.84 Å². The molecule has 126 valence electrons. The molecule has 2 rings (SSSR count). The molecule has 0 unspecified atom stereocenters. The number of amides is 2. The van der Waals surface area contributed by atoms with Crippen LogP contribution >= 0.6 is 0 Å². The highest BCUT2D eigenvalue weighted by molar-refractivity contribution is 7.92. The fourth-order valence-electron chi connectivity index (χ4n) is 3.47. The quantitative estimate of drug-likeness (QED) is 0.808. The minimum atomic E-state index is -3.18. The molecule has 1 aliphatic heterocycles. The number of sulfone groups is 1. The summed E-state index contributed by atoms with van der Waals surface area (Å²) in [5.41, 5.74) is 5.33. The number of nitrogens with zero attached hydrogens (tertiary/aromatic N) is 1. The van der Waals surface area contributed by atoms with Crippen molar-refractivity contribution < 1.29 is 18.0 Å². The average molecular weight is 330 g/mol. The predicted molar refractivity (Wildman–Crippen MR) is 83.8 cm³/mol. The van der Waals surface area contributed by atoms with Crippen molar-refractivity contribution >= 4 is 21.7 Å². The lowest BCUT2D eigenvalue weighted by molar-refractivity contribution is -0.137. The van der Waals surface area contributed by atoms with Crippen molar-refractivity contribution in [1.82, 2.24) is 4.90 Å². The Balaban J connectivity index is 1.91. The molecule has 22 heavy (non-hydrogen) atoms. The molecule has 1 saturated carbocycles. The van der Waals surface area contributed by atoms with Crippen molar-refractivity contribution in [1.29, 1.82) is 0 Å². The molecule has 0 radical (unpaired) electrons. The molecule has 2 N–H and O–H groups in total. The molecule has 2 atom stereocenters. The Kier molecular flexibility index (Phi) is 5.47. The molecule has 1 heterocycles. The molecule has 6 nitrogen and oxygen atoms in total. The maximum absolute atomic E-state index is 12.3. The molecule has 1 saturated heterocycles. The molecular weight excluding hydrogens is 304 g/mol. The fraction of sp³-hybridized carbons (Fsp3) is 0.867. The SMILES string of the molecule is C[C@H]1CC[C@H](C(N)=O)CN1C(=O)CCS(=O)(=O)C1CCCC1. The molecule has 0 spiro atoms. The van der Waals surface area contributed by atoms with E-state index in [9.17, 15) is 18.0 Å². The second-order valence-corrected chi connectivity index (χ2v) is 9.00. The van der Waals surface area contributed by atoms with Crippen LogP contribution in [0, 0.1) is 5.92 Å². The van der Waals surface area contributed by atoms with E-state index in [0.717, 1.165) is 32.1 Å². The summed E-state index contributed by atoms with van der Waals surface area (Å²) < 4.78 is 24.5. The summed E-state index contributed by atoms with van der Waals surface area (Å²) in [5, 5.41) is -0.266. The highest BCUT2D eigenvalue weighted by atomic mass is 32.2. The highest BCUT2D eigenvalue weighted by Crippen LogP contribution is 2.26. The summed E-state index contributed by atoms with van der Waals surface area (Å²) >= 11 is 0. The summed E-state index contributed by atoms with van der Waals surface area (Å²) in [6, 6.07) is 0.0392. The van der Waals surface area contributed by atoms with Gasteiger partial charge in [-0.1, -0.05) is 12.8 Å². The zero-order valence-corrected chi connectivity index (χ0v) is 14.0. The first-order valence-corrected chi connectivity index (χ1v) is 9.83. The smallest absolute Gasteiger partial charge is 0.223 e. The first kappa shape index (κ1) is 17.2. The topological polar surface area (TPSA) is 97.5 Å². The average Bonchev–Trinajstić information content (AvgIpc) is 3.00. The number of likely N-dealkylation sites (tertiary alicyclic amines) is 1. The minimum Gasteiger partial charge on any atom is -0.369 e. The third-order valence-corrected chi connectivity index (χ3v) is 7.28. The lowest BCUT2D eigenvalue weighted by Crippen LogP contribution is -2.49. The van der Waals surface area contributed by atoms with Crippen LogP contribution in [0.4, 0.5) is 0 Å². The van der Waals surface area contributed by atoms with Crippen molar-refractivity contribution in [2.24, 2.45) is 11.7 Å². The summed E-state index contributed by atoms with van der Waals surface area (Å²) in [5.74, 6) is -0.962. The lowest BCUT2D eigenvalue weighted by Gasteiger charge is -2.37. The molecule has 0 aromatic carbocycles. The number of piperidine rings is 1. The van der Waals surface area contributed by atoms with Crippen LogP contribution in [0.15, 0.2) is 0 Å². The number of rotatable bonds is 5. The Morgan fingerprint density at radius 2 is 1.77 bits per heavy atom. The van der Waals surface area contributed by atoms with Crippen molar-refractivity contribution in [2.75, 3.05) is 12.3 Å². The zero-order chi connectivity index (χ0) is 16.3. The van der Waals surface area contributed by atoms with Gasteiger partial charge >= 0.3 is 0 Å². The molecule has 0 aromatic rings. The van der Waals surface area contributed by atoms with Crippen LogP contribution in [-0.2, 0) is 19.4 Å². The Bertz CT molecular complexity index is 526. The van der Waals surface area contributed by atoms with E-state index in [1.165, 1.54) is 0 Å². The number of primary amides is 1. The molecule has 1 aliphatic carbocycles. The Hall–Kier alpha value is -1.11. The Morgan fingerprint density at radius 3 is 2.36 bits per heavy atom. The van der Waals surface area contributed by atoms with E-state index in [-0.39, 0.29) is 41.2 Å². The lowest BCUT2D eigenvalue weighted by atomic mass is 9.93. The molecule has 2 fully saturated rings. The summed E-state index contributed by atoms with van der Waals surface area (Å²) in [6.45, 7) is 2.25. The van der Waals surface area contributed by atoms with Gasteiger partial charge in [0.25, 0.3) is 0 Å². The minimum absolute atomic E-state index is 0.00859. The maximum atomic E-state index is 12.3. The summed E-state index contributed by atoms with van der Waals surface area (Å²) in [6.07, 6.45) is 4.80. The Morgan fingerprint density at radius 1 is 1.14 bits per heavy atom. The van der Waals surface area contributed by atoms with Crippen molar-refractivity contribution in [3.8, 4) is 0 Å². The number of hydrogen-bond acceptors (Lipinski definition) is 4. The van der Waals surface area contributed by atoms with E-state index in [4.69, 9.17) is 5.73 Å². The van der Waals surface area contributed by atoms with Crippen LogP contribution < -0.4 is 5.73 Å². The Labute approximate surface area is 132 Å². The molecule has 7 heteroatoms. The maximum Gasteiger partial charge on any atom is 0.223 e. The van der Waals surface area contributed by atoms with Gasteiger partial charge in [0.15, 0.2) is 9.84 Å². The molecular formula is C15H26N2O4S. The van der Waals surface area contributed by atoms with E-state index >= 15 is 0 Å². The van der Waals surface area contributed by atoms with E-state index in [0.29, 0.717) is 13.0 Å². The van der Waals surface area contributed by atoms with Gasteiger partial charge in [0, 0.05) is 19.0 Å². The van der Waals surface area contributed by atoms with Crippen LogP contribution in [0.5, 0.6) is 0 Å². The number of nitrogens with two attached hydrogens (primary N) is 1. The van der Waals surface area contributed by atoms with Crippen LogP contribution in [-0.4, -0.2) is 48.7 Å². The van der Waals surface area contributed by atoms with Crippen molar-refractivity contribution in [2.45, 2.75) is 63.2 Å². The van der Waals surface area contributed by atoms with Crippen LogP contribution in [0.1, 0.15) is 51.9 Å². The predicted octanol–water partition coefficient (Wildman–Crippen LogP) is 0.846. The number of carbonyl (C=O) groups excluding carboxylic acids is 2. The van der Waals surface area contributed by atoms with Gasteiger partial charge in [0.2, 0.25) is 11.8 Å². The first-order valence-electron chi connectivity index (χ1n) is 8.11. The summed E-state index contributed by atoms with van der Waals surface area (Å²) in [4.78, 5) is 25.3. The zero-order valence-electron chi connectivity index (χ0n) is 13.2. The van der Waals surface area contributed by atoms with Gasteiger partial charge < -0.3 is 10.6 Å². The van der Waals surface area contributed by atoms with E-state index in [1.54, 1.807) is 4.90 Å². The van der Waals surface area contributed by atoms with Crippen LogP contribution in [0.25, 0.3) is 0 Å². The van der Waals surface area contributed by atoms with E-state index in [1.807, 2.05) is 6.92 Å². The van der Waals surface area contributed by atoms with Crippen molar-refractivity contribution in [3.63, 3.8) is 0 Å². The largest absolute Gasteiger partial charge is 0.369 e. The highest BCUT2D eigenvalue weighted by Gasteiger charge is 2.33. The molecule has 0 aromatic heterocycles. The first-order chi connectivity index (χ1) is 10.3. The molecule has 2 amide bonds. The third-order valence-electron chi connectivity index (χ3n) is 5.02. The second-order valence-electron chi connectivity index (χ2n) is 6.60. The number of hydrogen-bond donors (Lipinski definition) is 1. The van der Waals surface area contributed by atoms with Gasteiger partial charge in [-0.25, -0.2) is 8.42 Å². The molecule has 2 aliphatic rings. The second kappa shape index (κ2) is 6.98. The summed E-state index contributed by atoms with van der Waals surface area (Å²) in [7, 11) is -3.18. The van der Waals surface area contributed by atoms with Gasteiger partial charge in [-0.05, 0) is 32.6 Å². The van der Waals surface area contributed by atoms with Gasteiger partial charge in [0.1, 0.15) is 0 Å². The number of carbonyl (C=O) groups is 2. The van der Waals surface area contributed by atoms with Gasteiger partial charge in [0.05, 0.1) is 16.9 Å². The van der Waals surface area contributed by atoms with Gasteiger partial charge in [-0.3, -0.25) is 9.59 Å². The van der Waals surface area contributed by atoms with E-state index in [2.05, 4.69) is 0 Å². The third kappa shape index (κ3) is 4.00. The van der Waals surface area contributed by atoms with Gasteiger partial charge in [-0.15, -0.1) is 0 Å².